The summed E-state index contributed by atoms with van der Waals surface area (Å²) < 4.78 is 1.51. The fourth-order valence-corrected chi connectivity index (χ4v) is 3.02. The molecule has 2 aromatic heterocycles. The largest absolute Gasteiger partial charge is 0.345 e. The van der Waals surface area contributed by atoms with E-state index >= 15 is 0 Å². The van der Waals surface area contributed by atoms with Crippen molar-refractivity contribution in [2.45, 2.75) is 11.4 Å². The van der Waals surface area contributed by atoms with E-state index in [1.807, 2.05) is 12.3 Å². The molecule has 0 aliphatic rings. The Morgan fingerprint density at radius 2 is 2.19 bits per heavy atom. The minimum Gasteiger partial charge on any atom is -0.345 e. The average Bonchev–Trinajstić information content (AvgIpc) is 3.14. The van der Waals surface area contributed by atoms with Crippen molar-refractivity contribution in [1.82, 2.24) is 25.1 Å². The number of thioether (sulfide) groups is 1. The summed E-state index contributed by atoms with van der Waals surface area (Å²) in [5, 5.41) is 16.3. The zero-order valence-corrected chi connectivity index (χ0v) is 15.3. The van der Waals surface area contributed by atoms with Gasteiger partial charge in [-0.05, 0) is 36.6 Å². The molecule has 3 rings (SSSR count). The second-order valence-corrected chi connectivity index (χ2v) is 6.48. The van der Waals surface area contributed by atoms with Crippen molar-refractivity contribution in [3.63, 3.8) is 0 Å². The zero-order valence-electron chi connectivity index (χ0n) is 13.7. The molecule has 0 atom stereocenters. The summed E-state index contributed by atoms with van der Waals surface area (Å²) in [6, 6.07) is 10.5. The number of nitrogens with one attached hydrogen (secondary N) is 1. The van der Waals surface area contributed by atoms with Crippen LogP contribution >= 0.6 is 23.4 Å². The van der Waals surface area contributed by atoms with Crippen molar-refractivity contribution in [3.8, 4) is 11.9 Å². The first kappa shape index (κ1) is 17.9. The summed E-state index contributed by atoms with van der Waals surface area (Å²) in [7, 11) is 0. The van der Waals surface area contributed by atoms with Crippen molar-refractivity contribution in [2.24, 2.45) is 0 Å². The van der Waals surface area contributed by atoms with E-state index in [1.165, 1.54) is 29.0 Å². The third-order valence-corrected chi connectivity index (χ3v) is 4.41. The molecule has 0 saturated heterocycles. The summed E-state index contributed by atoms with van der Waals surface area (Å²) in [5.74, 6) is 0.769. The van der Waals surface area contributed by atoms with Crippen molar-refractivity contribution in [1.29, 1.82) is 5.26 Å². The summed E-state index contributed by atoms with van der Waals surface area (Å²) in [6.07, 6.45) is 4.75. The highest BCUT2D eigenvalue weighted by Gasteiger charge is 2.12. The van der Waals surface area contributed by atoms with Crippen molar-refractivity contribution < 1.29 is 4.79 Å². The van der Waals surface area contributed by atoms with Gasteiger partial charge in [0.1, 0.15) is 12.4 Å². The van der Waals surface area contributed by atoms with Crippen molar-refractivity contribution in [2.75, 3.05) is 6.26 Å². The molecule has 1 N–H and O–H groups in total. The molecule has 130 valence electrons. The van der Waals surface area contributed by atoms with Crippen LogP contribution in [0.25, 0.3) is 5.82 Å². The molecular weight excluding hydrogens is 372 g/mol. The van der Waals surface area contributed by atoms with Crippen LogP contribution in [0.2, 0.25) is 5.02 Å². The maximum atomic E-state index is 12.4. The monoisotopic (exact) mass is 384 g/mol. The second kappa shape index (κ2) is 7.99. The molecule has 0 spiro atoms. The van der Waals surface area contributed by atoms with Gasteiger partial charge in [-0.25, -0.2) is 9.97 Å². The van der Waals surface area contributed by atoms with E-state index in [0.29, 0.717) is 27.8 Å². The highest BCUT2D eigenvalue weighted by Crippen LogP contribution is 2.22. The highest BCUT2D eigenvalue weighted by molar-refractivity contribution is 7.98. The number of nitriles is 1. The van der Waals surface area contributed by atoms with Crippen LogP contribution in [0.3, 0.4) is 0 Å². The van der Waals surface area contributed by atoms with Gasteiger partial charge in [-0.2, -0.15) is 15.0 Å². The van der Waals surface area contributed by atoms with Gasteiger partial charge in [0.15, 0.2) is 11.6 Å². The molecule has 0 radical (unpaired) electrons. The van der Waals surface area contributed by atoms with Crippen LogP contribution in [-0.4, -0.2) is 31.9 Å². The Morgan fingerprint density at radius 1 is 1.35 bits per heavy atom. The Bertz CT molecular complexity index is 980. The molecule has 1 amide bonds. The van der Waals surface area contributed by atoms with Gasteiger partial charge in [-0.15, -0.1) is 11.8 Å². The minimum absolute atomic E-state index is 0.168. The van der Waals surface area contributed by atoms with E-state index in [4.69, 9.17) is 16.9 Å². The molecule has 1 aromatic carbocycles. The molecule has 26 heavy (non-hydrogen) atoms. The molecule has 9 heteroatoms. The number of hydrogen-bond donors (Lipinski definition) is 1. The van der Waals surface area contributed by atoms with Crippen LogP contribution < -0.4 is 5.32 Å². The number of rotatable bonds is 5. The molecule has 0 aliphatic heterocycles. The average molecular weight is 385 g/mol. The second-order valence-electron chi connectivity index (χ2n) is 5.17. The fourth-order valence-electron chi connectivity index (χ4n) is 2.23. The number of nitrogens with zero attached hydrogens (tertiary/aromatic N) is 5. The van der Waals surface area contributed by atoms with Crippen molar-refractivity contribution >= 4 is 29.3 Å². The number of amides is 1. The first-order valence-corrected chi connectivity index (χ1v) is 9.09. The number of pyridine rings is 1. The van der Waals surface area contributed by atoms with E-state index in [9.17, 15) is 4.79 Å². The molecule has 0 aliphatic carbocycles. The van der Waals surface area contributed by atoms with Crippen LogP contribution in [0.5, 0.6) is 0 Å². The first-order valence-electron chi connectivity index (χ1n) is 7.49. The van der Waals surface area contributed by atoms with Gasteiger partial charge in [-0.3, -0.25) is 4.79 Å². The quantitative estimate of drug-likeness (QED) is 0.679. The van der Waals surface area contributed by atoms with E-state index in [1.54, 1.807) is 30.3 Å². The van der Waals surface area contributed by atoms with Gasteiger partial charge in [0.2, 0.25) is 0 Å². The van der Waals surface area contributed by atoms with E-state index in [-0.39, 0.29) is 12.5 Å². The summed E-state index contributed by atoms with van der Waals surface area (Å²) >= 11 is 7.56. The number of carbonyl (C=O) groups is 1. The van der Waals surface area contributed by atoms with E-state index < -0.39 is 0 Å². The van der Waals surface area contributed by atoms with Crippen LogP contribution in [0.15, 0.2) is 47.8 Å². The van der Waals surface area contributed by atoms with Crippen LogP contribution in [0.1, 0.15) is 21.7 Å². The van der Waals surface area contributed by atoms with Gasteiger partial charge in [0.05, 0.1) is 12.1 Å². The Morgan fingerprint density at radius 3 is 2.88 bits per heavy atom. The normalized spacial score (nSPS) is 10.3. The lowest BCUT2D eigenvalue weighted by Gasteiger charge is -2.08. The number of hydrogen-bond acceptors (Lipinski definition) is 6. The maximum Gasteiger partial charge on any atom is 0.251 e. The third-order valence-electron chi connectivity index (χ3n) is 3.49. The predicted molar refractivity (Wildman–Crippen MR) is 98.3 cm³/mol. The first-order chi connectivity index (χ1) is 12.6. The molecule has 0 bridgehead atoms. The Balaban J connectivity index is 1.74. The molecule has 2 heterocycles. The summed E-state index contributed by atoms with van der Waals surface area (Å²) in [5.41, 5.74) is 0.929. The zero-order chi connectivity index (χ0) is 18.5. The molecule has 7 nitrogen and oxygen atoms in total. The molecule has 0 fully saturated rings. The Hall–Kier alpha value is -2.89. The molecule has 3 aromatic rings. The minimum atomic E-state index is -0.259. The molecule has 0 unspecified atom stereocenters. The fraction of sp³-hybridized carbons (Fsp3) is 0.118. The number of benzene rings is 1. The van der Waals surface area contributed by atoms with Gasteiger partial charge in [-0.1, -0.05) is 11.6 Å². The predicted octanol–water partition coefficient (Wildman–Crippen LogP) is 2.84. The third kappa shape index (κ3) is 4.02. The smallest absolute Gasteiger partial charge is 0.251 e. The Labute approximate surface area is 159 Å². The lowest BCUT2D eigenvalue weighted by Crippen LogP contribution is -2.25. The topological polar surface area (TPSA) is 96.5 Å². The summed E-state index contributed by atoms with van der Waals surface area (Å²) in [4.78, 5) is 21.6. The lowest BCUT2D eigenvalue weighted by molar-refractivity contribution is 0.0949. The Kier molecular flexibility index (Phi) is 5.51. The molecular formula is C17H13ClN6OS. The van der Waals surface area contributed by atoms with Crippen molar-refractivity contribution in [3.05, 3.63) is 64.8 Å². The maximum absolute atomic E-state index is 12.4. The van der Waals surface area contributed by atoms with E-state index in [0.717, 1.165) is 4.90 Å². The van der Waals surface area contributed by atoms with Gasteiger partial charge in [0.25, 0.3) is 5.91 Å². The van der Waals surface area contributed by atoms with Gasteiger partial charge >= 0.3 is 0 Å². The van der Waals surface area contributed by atoms with Crippen LogP contribution in [-0.2, 0) is 6.54 Å². The highest BCUT2D eigenvalue weighted by atomic mass is 35.5. The molecule has 0 saturated carbocycles. The van der Waals surface area contributed by atoms with Crippen LogP contribution in [0.4, 0.5) is 0 Å². The number of carbonyl (C=O) groups excluding carboxylic acids is 1. The SMILES string of the molecule is CSc1cc(Cl)cc(C(=O)NCc2ncnn2-c2ccc(C#N)cn2)c1. The summed E-state index contributed by atoms with van der Waals surface area (Å²) in [6.45, 7) is 0.168. The number of aromatic nitrogens is 4. The van der Waals surface area contributed by atoms with E-state index in [2.05, 4.69) is 20.4 Å². The standard InChI is InChI=1S/C17H13ClN6OS/c1-26-14-5-12(4-13(18)6-14)17(25)21-9-16-22-10-23-24(16)15-3-2-11(7-19)8-20-15/h2-6,8,10H,9H2,1H3,(H,21,25). The van der Waals surface area contributed by atoms with Gasteiger partial charge < -0.3 is 5.32 Å². The van der Waals surface area contributed by atoms with Gasteiger partial charge in [0, 0.05) is 21.7 Å². The lowest BCUT2D eigenvalue weighted by atomic mass is 10.2. The number of halogens is 1. The van der Waals surface area contributed by atoms with Crippen LogP contribution in [0, 0.1) is 11.3 Å².